The van der Waals surface area contributed by atoms with E-state index in [4.69, 9.17) is 0 Å². The van der Waals surface area contributed by atoms with Crippen molar-refractivity contribution in [2.24, 2.45) is 0 Å². The van der Waals surface area contributed by atoms with E-state index in [0.29, 0.717) is 6.54 Å². The van der Waals surface area contributed by atoms with Crippen LogP contribution in [0.4, 0.5) is 0 Å². The molecule has 0 amide bonds. The van der Waals surface area contributed by atoms with Crippen LogP contribution >= 0.6 is 15.9 Å². The Balaban J connectivity index is 2.82. The molecule has 1 unspecified atom stereocenters. The maximum Gasteiger partial charge on any atom is 0.240 e. The zero-order valence-electron chi connectivity index (χ0n) is 10.1. The van der Waals surface area contributed by atoms with E-state index in [0.717, 1.165) is 4.47 Å². The second-order valence-corrected chi connectivity index (χ2v) is 6.87. The van der Waals surface area contributed by atoms with E-state index in [9.17, 15) is 8.42 Å². The molecule has 1 rings (SSSR count). The molecule has 1 atom stereocenters. The van der Waals surface area contributed by atoms with Gasteiger partial charge in [-0.05, 0) is 39.2 Å². The minimum atomic E-state index is -3.43. The highest BCUT2D eigenvalue weighted by atomic mass is 79.9. The summed E-state index contributed by atoms with van der Waals surface area (Å²) in [5.74, 6) is 0. The lowest BCUT2D eigenvalue weighted by atomic mass is 10.3. The van der Waals surface area contributed by atoms with Crippen LogP contribution in [0.5, 0.6) is 0 Å². The van der Waals surface area contributed by atoms with Crippen molar-refractivity contribution in [3.63, 3.8) is 0 Å². The molecule has 0 fully saturated rings. The van der Waals surface area contributed by atoms with Gasteiger partial charge in [0, 0.05) is 17.1 Å². The van der Waals surface area contributed by atoms with E-state index < -0.39 is 10.0 Å². The number of halogens is 1. The summed E-state index contributed by atoms with van der Waals surface area (Å²) in [6, 6.07) is 6.53. The monoisotopic (exact) mass is 320 g/mol. The minimum absolute atomic E-state index is 0.131. The first-order valence-electron chi connectivity index (χ1n) is 5.24. The number of hydrogen-bond acceptors (Lipinski definition) is 3. The molecular formula is C11H17BrN2O2S. The van der Waals surface area contributed by atoms with E-state index in [2.05, 4.69) is 20.7 Å². The second kappa shape index (κ2) is 5.95. The zero-order chi connectivity index (χ0) is 13.1. The Labute approximate surface area is 111 Å². The van der Waals surface area contributed by atoms with Gasteiger partial charge in [0.2, 0.25) is 10.0 Å². The fraction of sp³-hybridized carbons (Fsp3) is 0.455. The predicted molar refractivity (Wildman–Crippen MR) is 72.5 cm³/mol. The molecule has 0 radical (unpaired) electrons. The largest absolute Gasteiger partial charge is 0.308 e. The molecule has 0 aromatic heterocycles. The van der Waals surface area contributed by atoms with Crippen molar-refractivity contribution in [1.82, 2.24) is 9.62 Å². The van der Waals surface area contributed by atoms with E-state index >= 15 is 0 Å². The topological polar surface area (TPSA) is 49.4 Å². The zero-order valence-corrected chi connectivity index (χ0v) is 12.5. The summed E-state index contributed by atoms with van der Waals surface area (Å²) in [7, 11) is 0.379. The van der Waals surface area contributed by atoms with Crippen LogP contribution in [-0.4, -0.2) is 40.0 Å². The normalized spacial score (nSPS) is 13.9. The summed E-state index contributed by atoms with van der Waals surface area (Å²) in [5, 5.41) is 0. The van der Waals surface area contributed by atoms with Crippen molar-refractivity contribution in [3.8, 4) is 0 Å². The molecule has 0 aliphatic rings. The van der Waals surface area contributed by atoms with E-state index in [1.165, 1.54) is 0 Å². The van der Waals surface area contributed by atoms with Gasteiger partial charge in [0.05, 0.1) is 4.90 Å². The molecule has 0 aliphatic heterocycles. The van der Waals surface area contributed by atoms with Crippen LogP contribution in [0.15, 0.2) is 33.6 Å². The van der Waals surface area contributed by atoms with Gasteiger partial charge in [-0.15, -0.1) is 0 Å². The molecule has 1 N–H and O–H groups in total. The third kappa shape index (κ3) is 4.75. The third-order valence-electron chi connectivity index (χ3n) is 2.10. The van der Waals surface area contributed by atoms with Gasteiger partial charge in [-0.1, -0.05) is 22.0 Å². The van der Waals surface area contributed by atoms with Crippen molar-refractivity contribution in [3.05, 3.63) is 28.7 Å². The van der Waals surface area contributed by atoms with Gasteiger partial charge in [-0.25, -0.2) is 13.1 Å². The summed E-state index contributed by atoms with van der Waals surface area (Å²) in [6.45, 7) is 2.50. The summed E-state index contributed by atoms with van der Waals surface area (Å²) in [6.07, 6.45) is 0. The fourth-order valence-corrected chi connectivity index (χ4v) is 3.38. The SMILES string of the molecule is CC(CN(C)C)NS(=O)(=O)c1cccc(Br)c1. The standard InChI is InChI=1S/C11H17BrN2O2S/c1-9(8-14(2)3)13-17(15,16)11-6-4-5-10(12)7-11/h4-7,9,13H,8H2,1-3H3. The first-order chi connectivity index (χ1) is 7.81. The van der Waals surface area contributed by atoms with Crippen molar-refractivity contribution in [2.45, 2.75) is 17.9 Å². The van der Waals surface area contributed by atoms with Crippen LogP contribution in [-0.2, 0) is 10.0 Å². The molecule has 96 valence electrons. The van der Waals surface area contributed by atoms with Gasteiger partial charge in [0.15, 0.2) is 0 Å². The Kier molecular flexibility index (Phi) is 5.12. The Morgan fingerprint density at radius 1 is 1.41 bits per heavy atom. The van der Waals surface area contributed by atoms with Crippen LogP contribution in [0.2, 0.25) is 0 Å². The Bertz CT molecular complexity index is 474. The Morgan fingerprint density at radius 2 is 2.06 bits per heavy atom. The molecule has 0 bridgehead atoms. The fourth-order valence-electron chi connectivity index (χ4n) is 1.55. The average molecular weight is 321 g/mol. The summed E-state index contributed by atoms with van der Waals surface area (Å²) in [5.41, 5.74) is 0. The molecule has 1 aromatic carbocycles. The smallest absolute Gasteiger partial charge is 0.240 e. The molecule has 4 nitrogen and oxygen atoms in total. The van der Waals surface area contributed by atoms with Gasteiger partial charge in [-0.2, -0.15) is 0 Å². The highest BCUT2D eigenvalue weighted by Gasteiger charge is 2.17. The molecule has 1 aromatic rings. The molecule has 6 heteroatoms. The van der Waals surface area contributed by atoms with Crippen molar-refractivity contribution >= 4 is 26.0 Å². The lowest BCUT2D eigenvalue weighted by Gasteiger charge is -2.18. The Hall–Kier alpha value is -0.430. The number of sulfonamides is 1. The van der Waals surface area contributed by atoms with Crippen molar-refractivity contribution in [2.75, 3.05) is 20.6 Å². The maximum absolute atomic E-state index is 12.0. The first-order valence-corrected chi connectivity index (χ1v) is 7.51. The van der Waals surface area contributed by atoms with Gasteiger partial charge >= 0.3 is 0 Å². The molecular weight excluding hydrogens is 304 g/mol. The van der Waals surface area contributed by atoms with Crippen molar-refractivity contribution < 1.29 is 8.42 Å². The predicted octanol–water partition coefficient (Wildman–Crippen LogP) is 1.68. The molecule has 0 heterocycles. The molecule has 17 heavy (non-hydrogen) atoms. The van der Waals surface area contributed by atoms with Gasteiger partial charge < -0.3 is 4.90 Å². The molecule has 0 saturated heterocycles. The highest BCUT2D eigenvalue weighted by Crippen LogP contribution is 2.16. The third-order valence-corrected chi connectivity index (χ3v) is 4.18. The van der Waals surface area contributed by atoms with Crippen LogP contribution in [0.1, 0.15) is 6.92 Å². The van der Waals surface area contributed by atoms with E-state index in [1.54, 1.807) is 24.3 Å². The number of hydrogen-bond donors (Lipinski definition) is 1. The summed E-state index contributed by atoms with van der Waals surface area (Å²) in [4.78, 5) is 2.21. The van der Waals surface area contributed by atoms with E-state index in [-0.39, 0.29) is 10.9 Å². The maximum atomic E-state index is 12.0. The molecule has 0 spiro atoms. The van der Waals surface area contributed by atoms with Crippen molar-refractivity contribution in [1.29, 1.82) is 0 Å². The lowest BCUT2D eigenvalue weighted by Crippen LogP contribution is -2.39. The summed E-state index contributed by atoms with van der Waals surface area (Å²) >= 11 is 3.26. The van der Waals surface area contributed by atoms with Crippen LogP contribution in [0.25, 0.3) is 0 Å². The van der Waals surface area contributed by atoms with Crippen LogP contribution in [0.3, 0.4) is 0 Å². The number of nitrogens with one attached hydrogen (secondary N) is 1. The highest BCUT2D eigenvalue weighted by molar-refractivity contribution is 9.10. The molecule has 0 aliphatic carbocycles. The quantitative estimate of drug-likeness (QED) is 0.898. The van der Waals surface area contributed by atoms with Gasteiger partial charge in [0.25, 0.3) is 0 Å². The van der Waals surface area contributed by atoms with Crippen LogP contribution in [0, 0.1) is 0 Å². The minimum Gasteiger partial charge on any atom is -0.308 e. The van der Waals surface area contributed by atoms with E-state index in [1.807, 2.05) is 25.9 Å². The summed E-state index contributed by atoms with van der Waals surface area (Å²) < 4.78 is 27.4. The Morgan fingerprint density at radius 3 is 2.59 bits per heavy atom. The number of nitrogens with zero attached hydrogens (tertiary/aromatic N) is 1. The number of benzene rings is 1. The van der Waals surface area contributed by atoms with Gasteiger partial charge in [0.1, 0.15) is 0 Å². The number of likely N-dealkylation sites (N-methyl/N-ethyl adjacent to an activating group) is 1. The molecule has 0 saturated carbocycles. The number of rotatable bonds is 5. The van der Waals surface area contributed by atoms with Crippen LogP contribution < -0.4 is 4.72 Å². The van der Waals surface area contributed by atoms with Gasteiger partial charge in [-0.3, -0.25) is 0 Å². The second-order valence-electron chi connectivity index (χ2n) is 4.24. The lowest BCUT2D eigenvalue weighted by molar-refractivity contribution is 0.370. The first kappa shape index (κ1) is 14.6. The average Bonchev–Trinajstić information content (AvgIpc) is 2.15.